The van der Waals surface area contributed by atoms with Crippen LogP contribution < -0.4 is 10.6 Å². The molecular weight excluding hydrogens is 302 g/mol. The maximum atomic E-state index is 12.3. The molecule has 1 heterocycles. The minimum absolute atomic E-state index is 0.205. The fourth-order valence-electron chi connectivity index (χ4n) is 2.13. The van der Waals surface area contributed by atoms with E-state index in [-0.39, 0.29) is 23.0 Å². The predicted molar refractivity (Wildman–Crippen MR) is 95.2 cm³/mol. The van der Waals surface area contributed by atoms with E-state index in [2.05, 4.69) is 22.5 Å². The molecule has 2 N–H and O–H groups in total. The Balaban J connectivity index is 2.12. The van der Waals surface area contributed by atoms with E-state index >= 15 is 0 Å². The minimum atomic E-state index is -0.343. The van der Waals surface area contributed by atoms with Crippen LogP contribution in [-0.2, 0) is 6.42 Å². The molecule has 2 amide bonds. The first-order valence-corrected chi connectivity index (χ1v) is 7.97. The third-order valence-corrected chi connectivity index (χ3v) is 3.36. The zero-order chi connectivity index (χ0) is 17.7. The van der Waals surface area contributed by atoms with Crippen LogP contribution >= 0.6 is 0 Å². The van der Waals surface area contributed by atoms with Crippen molar-refractivity contribution in [3.63, 3.8) is 0 Å². The van der Waals surface area contributed by atoms with Gasteiger partial charge in [0.1, 0.15) is 5.69 Å². The van der Waals surface area contributed by atoms with Gasteiger partial charge in [-0.3, -0.25) is 14.6 Å². The Labute approximate surface area is 142 Å². The first-order valence-electron chi connectivity index (χ1n) is 7.97. The molecule has 2 rings (SSSR count). The Kier molecular flexibility index (Phi) is 5.34. The number of hydrogen-bond donors (Lipinski definition) is 2. The van der Waals surface area contributed by atoms with Crippen LogP contribution in [0.3, 0.4) is 0 Å². The van der Waals surface area contributed by atoms with Gasteiger partial charge in [-0.1, -0.05) is 19.1 Å². The van der Waals surface area contributed by atoms with Crippen molar-refractivity contribution in [1.82, 2.24) is 10.3 Å². The molecule has 24 heavy (non-hydrogen) atoms. The van der Waals surface area contributed by atoms with Gasteiger partial charge in [-0.15, -0.1) is 0 Å². The third-order valence-electron chi connectivity index (χ3n) is 3.36. The number of carbonyl (C=O) groups is 2. The Hall–Kier alpha value is -2.69. The van der Waals surface area contributed by atoms with Crippen LogP contribution in [0.1, 0.15) is 54.1 Å². The summed E-state index contributed by atoms with van der Waals surface area (Å²) >= 11 is 0. The first kappa shape index (κ1) is 17.7. The van der Waals surface area contributed by atoms with E-state index in [0.717, 1.165) is 6.42 Å². The highest BCUT2D eigenvalue weighted by Crippen LogP contribution is 2.12. The summed E-state index contributed by atoms with van der Waals surface area (Å²) in [5.74, 6) is -0.573. The number of aryl methyl sites for hydroxylation is 1. The molecule has 0 saturated heterocycles. The number of anilines is 1. The van der Waals surface area contributed by atoms with Crippen molar-refractivity contribution in [3.8, 4) is 0 Å². The molecule has 0 fully saturated rings. The fraction of sp³-hybridized carbons (Fsp3) is 0.316. The second-order valence-corrected chi connectivity index (χ2v) is 6.64. The van der Waals surface area contributed by atoms with Gasteiger partial charge in [-0.25, -0.2) is 0 Å². The molecule has 0 spiro atoms. The molecule has 0 atom stereocenters. The molecule has 1 aromatic carbocycles. The van der Waals surface area contributed by atoms with Crippen molar-refractivity contribution in [1.29, 1.82) is 0 Å². The van der Waals surface area contributed by atoms with Gasteiger partial charge in [0.05, 0.1) is 0 Å². The highest BCUT2D eigenvalue weighted by Gasteiger charge is 2.17. The van der Waals surface area contributed by atoms with Gasteiger partial charge in [-0.05, 0) is 57.0 Å². The Morgan fingerprint density at radius 1 is 1.04 bits per heavy atom. The minimum Gasteiger partial charge on any atom is -0.347 e. The third kappa shape index (κ3) is 4.91. The number of pyridine rings is 1. The van der Waals surface area contributed by atoms with Gasteiger partial charge in [0.2, 0.25) is 0 Å². The molecule has 5 heteroatoms. The topological polar surface area (TPSA) is 71.1 Å². The molecule has 0 aliphatic carbocycles. The highest BCUT2D eigenvalue weighted by atomic mass is 16.2. The van der Waals surface area contributed by atoms with Gasteiger partial charge in [-0.2, -0.15) is 0 Å². The average molecular weight is 325 g/mol. The maximum Gasteiger partial charge on any atom is 0.274 e. The van der Waals surface area contributed by atoms with Crippen LogP contribution in [0.5, 0.6) is 0 Å². The van der Waals surface area contributed by atoms with Crippen molar-refractivity contribution in [2.75, 3.05) is 5.32 Å². The lowest BCUT2D eigenvalue weighted by Crippen LogP contribution is -2.40. The molecule has 0 radical (unpaired) electrons. The van der Waals surface area contributed by atoms with Crippen LogP contribution in [0.25, 0.3) is 0 Å². The Bertz CT molecular complexity index is 731. The molecular formula is C19H23N3O2. The number of rotatable bonds is 4. The quantitative estimate of drug-likeness (QED) is 0.905. The lowest BCUT2D eigenvalue weighted by Gasteiger charge is -2.20. The van der Waals surface area contributed by atoms with Crippen LogP contribution in [-0.4, -0.2) is 22.3 Å². The number of benzene rings is 1. The zero-order valence-electron chi connectivity index (χ0n) is 14.5. The monoisotopic (exact) mass is 325 g/mol. The molecule has 2 aromatic rings. The molecule has 126 valence electrons. The lowest BCUT2D eigenvalue weighted by atomic mass is 10.1. The second kappa shape index (κ2) is 7.25. The number of amides is 2. The number of hydrogen-bond acceptors (Lipinski definition) is 3. The maximum absolute atomic E-state index is 12.3. The number of nitrogens with zero attached hydrogens (tertiary/aromatic N) is 1. The van der Waals surface area contributed by atoms with Crippen molar-refractivity contribution in [3.05, 3.63) is 59.4 Å². The molecule has 5 nitrogen and oxygen atoms in total. The largest absolute Gasteiger partial charge is 0.347 e. The van der Waals surface area contributed by atoms with Gasteiger partial charge in [0.15, 0.2) is 0 Å². The fourth-order valence-corrected chi connectivity index (χ4v) is 2.13. The summed E-state index contributed by atoms with van der Waals surface area (Å²) in [6, 6.07) is 10.7. The van der Waals surface area contributed by atoms with E-state index in [0.29, 0.717) is 11.3 Å². The summed E-state index contributed by atoms with van der Waals surface area (Å²) in [5, 5.41) is 5.66. The summed E-state index contributed by atoms with van der Waals surface area (Å²) in [6.07, 6.45) is 2.41. The van der Waals surface area contributed by atoms with Crippen LogP contribution in [0.4, 0.5) is 5.69 Å². The van der Waals surface area contributed by atoms with Crippen LogP contribution in [0, 0.1) is 0 Å². The van der Waals surface area contributed by atoms with Crippen molar-refractivity contribution >= 4 is 17.5 Å². The van der Waals surface area contributed by atoms with Crippen molar-refractivity contribution < 1.29 is 9.59 Å². The van der Waals surface area contributed by atoms with E-state index in [1.54, 1.807) is 6.07 Å². The summed E-state index contributed by atoms with van der Waals surface area (Å²) in [7, 11) is 0. The number of nitrogens with one attached hydrogen (secondary N) is 2. The van der Waals surface area contributed by atoms with E-state index in [1.807, 2.05) is 45.0 Å². The second-order valence-electron chi connectivity index (χ2n) is 6.64. The molecule has 0 bridgehead atoms. The van der Waals surface area contributed by atoms with Gasteiger partial charge < -0.3 is 10.6 Å². The number of carbonyl (C=O) groups excluding carboxylic acids is 2. The highest BCUT2D eigenvalue weighted by molar-refractivity contribution is 6.04. The van der Waals surface area contributed by atoms with Crippen LogP contribution in [0.2, 0.25) is 0 Å². The zero-order valence-corrected chi connectivity index (χ0v) is 14.5. The molecule has 1 aromatic heterocycles. The summed E-state index contributed by atoms with van der Waals surface area (Å²) in [4.78, 5) is 28.6. The van der Waals surface area contributed by atoms with E-state index in [4.69, 9.17) is 0 Å². The summed E-state index contributed by atoms with van der Waals surface area (Å²) in [5.41, 5.74) is 2.17. The molecule has 0 unspecified atom stereocenters. The molecule has 0 saturated carbocycles. The van der Waals surface area contributed by atoms with Gasteiger partial charge in [0, 0.05) is 23.0 Å². The smallest absolute Gasteiger partial charge is 0.274 e. The summed E-state index contributed by atoms with van der Waals surface area (Å²) in [6.45, 7) is 7.78. The molecule has 0 aliphatic rings. The van der Waals surface area contributed by atoms with E-state index in [9.17, 15) is 9.59 Å². The number of aromatic nitrogens is 1. The van der Waals surface area contributed by atoms with Crippen molar-refractivity contribution in [2.45, 2.75) is 39.7 Å². The average Bonchev–Trinajstić information content (AvgIpc) is 2.54. The molecule has 0 aliphatic heterocycles. The Morgan fingerprint density at radius 2 is 1.71 bits per heavy atom. The van der Waals surface area contributed by atoms with Gasteiger partial charge in [0.25, 0.3) is 11.8 Å². The Morgan fingerprint density at radius 3 is 2.29 bits per heavy atom. The van der Waals surface area contributed by atoms with E-state index in [1.165, 1.54) is 17.8 Å². The standard InChI is InChI=1S/C19H23N3O2/c1-5-13-6-8-15(9-7-13)21-18(24)16-12-14(10-11-20-16)17(23)22-19(2,3)4/h6-12H,5H2,1-4H3,(H,21,24)(H,22,23). The predicted octanol–water partition coefficient (Wildman–Crippen LogP) is 3.42. The SMILES string of the molecule is CCc1ccc(NC(=O)c2cc(C(=O)NC(C)(C)C)ccn2)cc1. The van der Waals surface area contributed by atoms with Crippen molar-refractivity contribution in [2.24, 2.45) is 0 Å². The van der Waals surface area contributed by atoms with Crippen LogP contribution in [0.15, 0.2) is 42.6 Å². The van der Waals surface area contributed by atoms with E-state index < -0.39 is 0 Å². The first-order chi connectivity index (χ1) is 11.3. The van der Waals surface area contributed by atoms with Gasteiger partial charge >= 0.3 is 0 Å². The lowest BCUT2D eigenvalue weighted by molar-refractivity contribution is 0.0919. The summed E-state index contributed by atoms with van der Waals surface area (Å²) < 4.78 is 0. The normalized spacial score (nSPS) is 11.0.